The molecule has 6 heteroatoms. The molecule has 4 atom stereocenters. The number of anilines is 1. The summed E-state index contributed by atoms with van der Waals surface area (Å²) in [5, 5.41) is 1.96. The van der Waals surface area contributed by atoms with Gasteiger partial charge in [-0.3, -0.25) is 14.5 Å². The number of piperidine rings is 1. The molecular weight excluding hydrogens is 460 g/mol. The predicted molar refractivity (Wildman–Crippen MR) is 148 cm³/mol. The van der Waals surface area contributed by atoms with Gasteiger partial charge in [-0.15, -0.1) is 0 Å². The number of carbonyl (C=O) groups is 2. The van der Waals surface area contributed by atoms with Gasteiger partial charge in [-0.05, 0) is 62.1 Å². The number of carbonyl (C=O) groups excluding carboxylic acids is 2. The van der Waals surface area contributed by atoms with Crippen molar-refractivity contribution < 1.29 is 9.59 Å². The Balaban J connectivity index is 1.31. The maximum absolute atomic E-state index is 13.7. The first kappa shape index (κ1) is 25.4. The van der Waals surface area contributed by atoms with E-state index in [9.17, 15) is 9.59 Å². The summed E-state index contributed by atoms with van der Waals surface area (Å²) in [7, 11) is 0. The number of benzene rings is 2. The van der Waals surface area contributed by atoms with Gasteiger partial charge in [0.05, 0.1) is 12.6 Å². The minimum atomic E-state index is -0.367. The zero-order chi connectivity index (χ0) is 25.9. The summed E-state index contributed by atoms with van der Waals surface area (Å²) >= 11 is 0. The first-order chi connectivity index (χ1) is 17.9. The molecule has 37 heavy (non-hydrogen) atoms. The van der Waals surface area contributed by atoms with Crippen LogP contribution in [0.3, 0.4) is 0 Å². The highest BCUT2D eigenvalue weighted by Crippen LogP contribution is 2.34. The Morgan fingerprint density at radius 3 is 2.54 bits per heavy atom. The van der Waals surface area contributed by atoms with Gasteiger partial charge in [-0.1, -0.05) is 55.0 Å². The fourth-order valence-corrected chi connectivity index (χ4v) is 6.26. The second kappa shape index (κ2) is 11.0. The van der Waals surface area contributed by atoms with E-state index in [0.717, 1.165) is 29.2 Å². The normalized spacial score (nSPS) is 24.4. The quantitative estimate of drug-likeness (QED) is 0.498. The fraction of sp³-hybridized carbons (Fsp3) is 0.452. The molecule has 3 aromatic rings. The van der Waals surface area contributed by atoms with E-state index in [1.807, 2.05) is 41.3 Å². The Labute approximate surface area is 219 Å². The summed E-state index contributed by atoms with van der Waals surface area (Å²) in [6.45, 7) is 5.44. The maximum Gasteiger partial charge on any atom is 0.237 e. The van der Waals surface area contributed by atoms with Crippen LogP contribution in [0.4, 0.5) is 5.82 Å². The number of Topliss-reactive ketones (excluding diaryl/α,β-unsaturated/α-hetero) is 1. The van der Waals surface area contributed by atoms with Gasteiger partial charge in [-0.2, -0.15) is 0 Å². The molecule has 2 aliphatic rings. The van der Waals surface area contributed by atoms with Crippen molar-refractivity contribution in [3.63, 3.8) is 0 Å². The molecule has 0 saturated carbocycles. The molecule has 2 fully saturated rings. The Morgan fingerprint density at radius 2 is 1.78 bits per heavy atom. The number of pyridine rings is 1. The zero-order valence-corrected chi connectivity index (χ0v) is 22.0. The van der Waals surface area contributed by atoms with Crippen LogP contribution in [0.2, 0.25) is 0 Å². The first-order valence-corrected chi connectivity index (χ1v) is 13.7. The van der Waals surface area contributed by atoms with E-state index in [-0.39, 0.29) is 23.7 Å². The maximum atomic E-state index is 13.7. The van der Waals surface area contributed by atoms with Crippen LogP contribution in [0.15, 0.2) is 60.8 Å². The number of nitrogens with two attached hydrogens (primary N) is 1. The summed E-state index contributed by atoms with van der Waals surface area (Å²) in [4.78, 5) is 35.7. The number of fused-ring (bicyclic) bond motifs is 1. The van der Waals surface area contributed by atoms with Gasteiger partial charge in [0.25, 0.3) is 0 Å². The minimum absolute atomic E-state index is 0.0889. The monoisotopic (exact) mass is 498 g/mol. The predicted octanol–water partition coefficient (Wildman–Crippen LogP) is 4.97. The van der Waals surface area contributed by atoms with Crippen molar-refractivity contribution in [1.29, 1.82) is 0 Å². The second-order valence-corrected chi connectivity index (χ2v) is 10.9. The van der Waals surface area contributed by atoms with Gasteiger partial charge < -0.3 is 10.6 Å². The van der Waals surface area contributed by atoms with Crippen LogP contribution in [-0.2, 0) is 16.0 Å². The topological polar surface area (TPSA) is 79.5 Å². The van der Waals surface area contributed by atoms with Crippen molar-refractivity contribution in [2.45, 2.75) is 76.4 Å². The van der Waals surface area contributed by atoms with E-state index >= 15 is 0 Å². The number of hydrogen-bond donors (Lipinski definition) is 1. The molecule has 0 spiro atoms. The molecule has 194 valence electrons. The number of rotatable bonds is 7. The highest BCUT2D eigenvalue weighted by Gasteiger charge is 2.40. The Kier molecular flexibility index (Phi) is 7.56. The number of amides is 1. The van der Waals surface area contributed by atoms with E-state index in [1.54, 1.807) is 6.20 Å². The van der Waals surface area contributed by atoms with Gasteiger partial charge in [0.2, 0.25) is 5.91 Å². The lowest BCUT2D eigenvalue weighted by Gasteiger charge is -2.39. The highest BCUT2D eigenvalue weighted by molar-refractivity contribution is 5.92. The van der Waals surface area contributed by atoms with E-state index < -0.39 is 0 Å². The fourth-order valence-electron chi connectivity index (χ4n) is 6.26. The van der Waals surface area contributed by atoms with E-state index in [1.165, 1.54) is 12.0 Å². The van der Waals surface area contributed by atoms with Gasteiger partial charge in [0.15, 0.2) is 5.78 Å². The Hall–Kier alpha value is -3.25. The third kappa shape index (κ3) is 5.54. The molecule has 2 aromatic carbocycles. The smallest absolute Gasteiger partial charge is 0.237 e. The Bertz CT molecular complexity index is 1250. The van der Waals surface area contributed by atoms with Gasteiger partial charge in [0, 0.05) is 42.6 Å². The summed E-state index contributed by atoms with van der Waals surface area (Å²) in [5.74, 6) is 0.947. The van der Waals surface area contributed by atoms with E-state index in [4.69, 9.17) is 5.73 Å². The van der Waals surface area contributed by atoms with Gasteiger partial charge in [0.1, 0.15) is 5.82 Å². The molecule has 0 aliphatic carbocycles. The number of likely N-dealkylation sites (tertiary alicyclic amines) is 2. The summed E-state index contributed by atoms with van der Waals surface area (Å²) in [6, 6.07) is 18.8. The number of aromatic nitrogens is 1. The molecule has 0 radical (unpaired) electrons. The standard InChI is InChI=1S/C31H38N4O2/c1-21-7-6-8-22(2)34(21)20-30(37)35-19-26(24-9-4-3-5-10-24)18-28(35)29(36)14-12-23-11-13-27-25(17-23)15-16-33-31(27)32/h3-5,9-11,13,15-17,21-22,26,28H,6-8,12,14,18-20H2,1-2H3,(H2,32,33)/t21-,22+,26-,28+/m1/s1. The minimum Gasteiger partial charge on any atom is -0.383 e. The van der Waals surface area contributed by atoms with Crippen LogP contribution in [-0.4, -0.2) is 57.7 Å². The number of nitrogens with zero attached hydrogens (tertiary/aromatic N) is 3. The van der Waals surface area contributed by atoms with Crippen LogP contribution in [0.25, 0.3) is 10.8 Å². The third-order valence-electron chi connectivity index (χ3n) is 8.48. The molecule has 3 heterocycles. The lowest BCUT2D eigenvalue weighted by Crippen LogP contribution is -2.51. The van der Waals surface area contributed by atoms with Crippen molar-refractivity contribution in [1.82, 2.24) is 14.8 Å². The molecule has 2 N–H and O–H groups in total. The van der Waals surface area contributed by atoms with Crippen molar-refractivity contribution in [3.8, 4) is 0 Å². The van der Waals surface area contributed by atoms with Crippen LogP contribution in [0, 0.1) is 0 Å². The van der Waals surface area contributed by atoms with Crippen molar-refractivity contribution in [2.75, 3.05) is 18.8 Å². The Morgan fingerprint density at radius 1 is 1.03 bits per heavy atom. The molecule has 0 bridgehead atoms. The van der Waals surface area contributed by atoms with E-state index in [2.05, 4.69) is 41.9 Å². The highest BCUT2D eigenvalue weighted by atomic mass is 16.2. The average molecular weight is 499 g/mol. The van der Waals surface area contributed by atoms with Crippen molar-refractivity contribution in [2.24, 2.45) is 0 Å². The van der Waals surface area contributed by atoms with Crippen molar-refractivity contribution in [3.05, 3.63) is 71.9 Å². The molecule has 1 aromatic heterocycles. The first-order valence-electron chi connectivity index (χ1n) is 13.7. The summed E-state index contributed by atoms with van der Waals surface area (Å²) in [5.41, 5.74) is 8.29. The molecular formula is C31H38N4O2. The van der Waals surface area contributed by atoms with Crippen molar-refractivity contribution >= 4 is 28.3 Å². The molecule has 2 saturated heterocycles. The molecule has 2 aliphatic heterocycles. The summed E-state index contributed by atoms with van der Waals surface area (Å²) < 4.78 is 0. The number of nitrogen functional groups attached to an aromatic ring is 1. The lowest BCUT2D eigenvalue weighted by molar-refractivity contribution is -0.139. The summed E-state index contributed by atoms with van der Waals surface area (Å²) in [6.07, 6.45) is 6.93. The second-order valence-electron chi connectivity index (χ2n) is 10.9. The van der Waals surface area contributed by atoms with Crippen LogP contribution >= 0.6 is 0 Å². The van der Waals surface area contributed by atoms with Crippen LogP contribution in [0.1, 0.15) is 63.0 Å². The number of aryl methyl sites for hydroxylation is 1. The van der Waals surface area contributed by atoms with Crippen LogP contribution in [0.5, 0.6) is 0 Å². The van der Waals surface area contributed by atoms with Gasteiger partial charge >= 0.3 is 0 Å². The molecule has 6 nitrogen and oxygen atoms in total. The SMILES string of the molecule is C[C@@H]1CCC[C@H](C)N1CC(=O)N1C[C@H](c2ccccc2)C[C@H]1C(=O)CCc1ccc2c(N)nccc2c1. The van der Waals surface area contributed by atoms with E-state index in [0.29, 0.717) is 50.3 Å². The third-order valence-corrected chi connectivity index (χ3v) is 8.48. The van der Waals surface area contributed by atoms with Crippen LogP contribution < -0.4 is 5.73 Å². The molecule has 1 amide bonds. The largest absolute Gasteiger partial charge is 0.383 e. The number of hydrogen-bond acceptors (Lipinski definition) is 5. The molecule has 5 rings (SSSR count). The zero-order valence-electron chi connectivity index (χ0n) is 22.0. The van der Waals surface area contributed by atoms with Gasteiger partial charge in [-0.25, -0.2) is 4.98 Å². The average Bonchev–Trinajstić information content (AvgIpc) is 3.36. The number of ketones is 1. The lowest BCUT2D eigenvalue weighted by atomic mass is 9.93. The molecule has 0 unspecified atom stereocenters.